The fourth-order valence-corrected chi connectivity index (χ4v) is 2.37. The van der Waals surface area contributed by atoms with Gasteiger partial charge in [-0.3, -0.25) is 0 Å². The second kappa shape index (κ2) is 7.14. The highest BCUT2D eigenvalue weighted by Gasteiger charge is 2.13. The SMILES string of the molecule is CCCc1ccc(C(O)c2ccc(OC)c(OC)c2)cc1. The number of methoxy groups -OCH3 is 2. The van der Waals surface area contributed by atoms with Crippen LogP contribution >= 0.6 is 0 Å². The Morgan fingerprint density at radius 3 is 2.10 bits per heavy atom. The summed E-state index contributed by atoms with van der Waals surface area (Å²) in [6.45, 7) is 2.16. The number of hydrogen-bond donors (Lipinski definition) is 1. The van der Waals surface area contributed by atoms with Gasteiger partial charge < -0.3 is 14.6 Å². The Labute approximate surface area is 126 Å². The van der Waals surface area contributed by atoms with Crippen molar-refractivity contribution in [3.05, 3.63) is 59.2 Å². The summed E-state index contributed by atoms with van der Waals surface area (Å²) in [5.41, 5.74) is 2.96. The molecule has 0 aliphatic heterocycles. The summed E-state index contributed by atoms with van der Waals surface area (Å²) in [6.07, 6.45) is 1.52. The molecule has 0 amide bonds. The van der Waals surface area contributed by atoms with Crippen LogP contribution in [-0.2, 0) is 6.42 Å². The van der Waals surface area contributed by atoms with Crippen molar-refractivity contribution in [1.29, 1.82) is 0 Å². The Balaban J connectivity index is 2.24. The van der Waals surface area contributed by atoms with Crippen molar-refractivity contribution < 1.29 is 14.6 Å². The third-order valence-electron chi connectivity index (χ3n) is 3.56. The van der Waals surface area contributed by atoms with Gasteiger partial charge in [0, 0.05) is 0 Å². The summed E-state index contributed by atoms with van der Waals surface area (Å²) in [4.78, 5) is 0. The molecule has 1 N–H and O–H groups in total. The van der Waals surface area contributed by atoms with Crippen molar-refractivity contribution in [2.75, 3.05) is 14.2 Å². The van der Waals surface area contributed by atoms with E-state index in [1.54, 1.807) is 14.2 Å². The smallest absolute Gasteiger partial charge is 0.161 e. The number of aliphatic hydroxyl groups is 1. The molecule has 0 aliphatic carbocycles. The summed E-state index contributed by atoms with van der Waals surface area (Å²) >= 11 is 0. The van der Waals surface area contributed by atoms with E-state index in [1.165, 1.54) is 5.56 Å². The van der Waals surface area contributed by atoms with Crippen molar-refractivity contribution in [2.45, 2.75) is 25.9 Å². The van der Waals surface area contributed by atoms with Gasteiger partial charge in [-0.25, -0.2) is 0 Å². The fourth-order valence-electron chi connectivity index (χ4n) is 2.37. The Hall–Kier alpha value is -2.00. The van der Waals surface area contributed by atoms with Crippen molar-refractivity contribution in [3.63, 3.8) is 0 Å². The van der Waals surface area contributed by atoms with Crippen LogP contribution < -0.4 is 9.47 Å². The monoisotopic (exact) mass is 286 g/mol. The fraction of sp³-hybridized carbons (Fsp3) is 0.333. The topological polar surface area (TPSA) is 38.7 Å². The van der Waals surface area contributed by atoms with E-state index in [0.29, 0.717) is 11.5 Å². The molecule has 0 saturated heterocycles. The van der Waals surface area contributed by atoms with E-state index in [-0.39, 0.29) is 0 Å². The molecular formula is C18H22O3. The van der Waals surface area contributed by atoms with Gasteiger partial charge in [-0.05, 0) is 35.2 Å². The van der Waals surface area contributed by atoms with Crippen molar-refractivity contribution in [2.24, 2.45) is 0 Å². The predicted octanol–water partition coefficient (Wildman–Crippen LogP) is 3.74. The maximum atomic E-state index is 10.5. The second-order valence-electron chi connectivity index (χ2n) is 5.01. The first kappa shape index (κ1) is 15.4. The van der Waals surface area contributed by atoms with Crippen LogP contribution in [0.1, 0.15) is 36.1 Å². The summed E-state index contributed by atoms with van der Waals surface area (Å²) < 4.78 is 10.5. The van der Waals surface area contributed by atoms with Gasteiger partial charge in [0.15, 0.2) is 11.5 Å². The number of aliphatic hydroxyl groups excluding tert-OH is 1. The molecule has 0 aliphatic rings. The summed E-state index contributed by atoms with van der Waals surface area (Å²) in [5, 5.41) is 10.5. The van der Waals surface area contributed by atoms with Gasteiger partial charge in [-0.15, -0.1) is 0 Å². The third kappa shape index (κ3) is 3.56. The Bertz CT molecular complexity index is 576. The van der Waals surface area contributed by atoms with E-state index in [0.717, 1.165) is 24.0 Å². The van der Waals surface area contributed by atoms with Gasteiger partial charge >= 0.3 is 0 Å². The maximum Gasteiger partial charge on any atom is 0.161 e. The zero-order valence-corrected chi connectivity index (χ0v) is 12.8. The van der Waals surface area contributed by atoms with Crippen molar-refractivity contribution >= 4 is 0 Å². The predicted molar refractivity (Wildman–Crippen MR) is 84.0 cm³/mol. The molecule has 0 spiro atoms. The first-order valence-electron chi connectivity index (χ1n) is 7.18. The lowest BCUT2D eigenvalue weighted by Crippen LogP contribution is -2.01. The first-order chi connectivity index (χ1) is 10.2. The van der Waals surface area contributed by atoms with Crippen molar-refractivity contribution in [3.8, 4) is 11.5 Å². The number of hydrogen-bond acceptors (Lipinski definition) is 3. The van der Waals surface area contributed by atoms with Crippen LogP contribution in [0.25, 0.3) is 0 Å². The Morgan fingerprint density at radius 2 is 1.52 bits per heavy atom. The number of ether oxygens (including phenoxy) is 2. The van der Waals surface area contributed by atoms with Crippen LogP contribution in [0.3, 0.4) is 0 Å². The van der Waals surface area contributed by atoms with Gasteiger partial charge in [0.1, 0.15) is 6.10 Å². The lowest BCUT2D eigenvalue weighted by molar-refractivity contribution is 0.219. The minimum atomic E-state index is -0.666. The summed E-state index contributed by atoms with van der Waals surface area (Å²) in [6, 6.07) is 13.6. The van der Waals surface area contributed by atoms with Crippen LogP contribution in [-0.4, -0.2) is 19.3 Å². The molecule has 21 heavy (non-hydrogen) atoms. The zero-order valence-electron chi connectivity index (χ0n) is 12.8. The third-order valence-corrected chi connectivity index (χ3v) is 3.56. The van der Waals surface area contributed by atoms with Crippen molar-refractivity contribution in [1.82, 2.24) is 0 Å². The van der Waals surface area contributed by atoms with E-state index in [9.17, 15) is 5.11 Å². The van der Waals surface area contributed by atoms with Gasteiger partial charge in [0.05, 0.1) is 14.2 Å². The lowest BCUT2D eigenvalue weighted by atomic mass is 9.99. The standard InChI is InChI=1S/C18H22O3/c1-4-5-13-6-8-14(9-7-13)18(19)15-10-11-16(20-2)17(12-15)21-3/h6-12,18-19H,4-5H2,1-3H3. The zero-order chi connectivity index (χ0) is 15.2. The molecule has 3 heteroatoms. The first-order valence-corrected chi connectivity index (χ1v) is 7.18. The minimum Gasteiger partial charge on any atom is -0.493 e. The quantitative estimate of drug-likeness (QED) is 0.879. The molecule has 0 aromatic heterocycles. The molecule has 2 aromatic rings. The Morgan fingerprint density at radius 1 is 0.905 bits per heavy atom. The molecule has 0 saturated carbocycles. The second-order valence-corrected chi connectivity index (χ2v) is 5.01. The molecule has 2 aromatic carbocycles. The van der Waals surface area contributed by atoms with Crippen LogP contribution in [0.5, 0.6) is 11.5 Å². The number of aryl methyl sites for hydroxylation is 1. The van der Waals surface area contributed by atoms with Crippen LogP contribution in [0.2, 0.25) is 0 Å². The van der Waals surface area contributed by atoms with E-state index < -0.39 is 6.10 Å². The highest BCUT2D eigenvalue weighted by atomic mass is 16.5. The summed E-state index contributed by atoms with van der Waals surface area (Å²) in [5.74, 6) is 1.28. The van der Waals surface area contributed by atoms with E-state index in [2.05, 4.69) is 19.1 Å². The number of rotatable bonds is 6. The van der Waals surface area contributed by atoms with Crippen LogP contribution in [0.4, 0.5) is 0 Å². The molecule has 0 heterocycles. The maximum absolute atomic E-state index is 10.5. The molecule has 0 fully saturated rings. The molecule has 1 unspecified atom stereocenters. The highest BCUT2D eigenvalue weighted by Crippen LogP contribution is 2.32. The molecule has 0 bridgehead atoms. The molecule has 2 rings (SSSR count). The van der Waals surface area contributed by atoms with E-state index >= 15 is 0 Å². The lowest BCUT2D eigenvalue weighted by Gasteiger charge is -2.15. The average Bonchev–Trinajstić information content (AvgIpc) is 2.54. The molecule has 3 nitrogen and oxygen atoms in total. The van der Waals surface area contributed by atoms with Gasteiger partial charge in [0.2, 0.25) is 0 Å². The van der Waals surface area contributed by atoms with Crippen LogP contribution in [0.15, 0.2) is 42.5 Å². The number of benzene rings is 2. The van der Waals surface area contributed by atoms with Gasteiger partial charge in [-0.1, -0.05) is 43.7 Å². The molecule has 1 atom stereocenters. The van der Waals surface area contributed by atoms with Gasteiger partial charge in [0.25, 0.3) is 0 Å². The average molecular weight is 286 g/mol. The van der Waals surface area contributed by atoms with E-state index in [4.69, 9.17) is 9.47 Å². The summed E-state index contributed by atoms with van der Waals surface area (Å²) in [7, 11) is 3.19. The normalized spacial score (nSPS) is 12.0. The molecular weight excluding hydrogens is 264 g/mol. The molecule has 0 radical (unpaired) electrons. The molecule has 112 valence electrons. The van der Waals surface area contributed by atoms with Crippen LogP contribution in [0, 0.1) is 0 Å². The highest BCUT2D eigenvalue weighted by molar-refractivity contribution is 5.45. The largest absolute Gasteiger partial charge is 0.493 e. The van der Waals surface area contributed by atoms with E-state index in [1.807, 2.05) is 30.3 Å². The Kier molecular flexibility index (Phi) is 5.23. The minimum absolute atomic E-state index is 0.622. The van der Waals surface area contributed by atoms with Gasteiger partial charge in [-0.2, -0.15) is 0 Å².